The van der Waals surface area contributed by atoms with Crippen LogP contribution in [0.3, 0.4) is 0 Å². The van der Waals surface area contributed by atoms with E-state index in [0.717, 1.165) is 24.2 Å². The molecule has 0 bridgehead atoms. The lowest BCUT2D eigenvalue weighted by molar-refractivity contribution is -0.111. The number of allylic oxidation sites excluding steroid dienone is 6. The maximum atomic E-state index is 11.7. The highest BCUT2D eigenvalue weighted by atomic mass is 16.1. The number of rotatable bonds is 0. The van der Waals surface area contributed by atoms with Crippen molar-refractivity contribution in [3.8, 4) is 0 Å². The molecule has 0 saturated heterocycles. The molecule has 0 unspecified atom stereocenters. The number of carbonyl (C=O) groups excluding carboxylic acids is 1. The van der Waals surface area contributed by atoms with Crippen LogP contribution in [0.25, 0.3) is 0 Å². The Kier molecular flexibility index (Phi) is 2.50. The van der Waals surface area contributed by atoms with Gasteiger partial charge < -0.3 is 0 Å². The van der Waals surface area contributed by atoms with E-state index in [0.29, 0.717) is 5.41 Å². The van der Waals surface area contributed by atoms with E-state index in [2.05, 4.69) is 32.1 Å². The second kappa shape index (κ2) is 3.96. The minimum absolute atomic E-state index is 0.154. The Labute approximate surface area is 121 Å². The molecule has 0 aliphatic heterocycles. The van der Waals surface area contributed by atoms with Crippen LogP contribution in [0.1, 0.15) is 46.0 Å². The predicted octanol–water partition coefficient (Wildman–Crippen LogP) is 4.46. The van der Waals surface area contributed by atoms with Crippen molar-refractivity contribution in [2.75, 3.05) is 0 Å². The fraction of sp³-hybridized carbons (Fsp3) is 0.632. The highest BCUT2D eigenvalue weighted by Crippen LogP contribution is 2.62. The molecule has 0 aromatic heterocycles. The van der Waals surface area contributed by atoms with E-state index in [1.54, 1.807) is 0 Å². The lowest BCUT2D eigenvalue weighted by Gasteiger charge is -2.56. The van der Waals surface area contributed by atoms with E-state index in [4.69, 9.17) is 0 Å². The molecule has 2 saturated carbocycles. The van der Waals surface area contributed by atoms with E-state index in [1.165, 1.54) is 31.3 Å². The van der Waals surface area contributed by atoms with E-state index in [-0.39, 0.29) is 11.2 Å². The van der Waals surface area contributed by atoms with Crippen molar-refractivity contribution in [2.24, 2.45) is 28.6 Å². The zero-order valence-corrected chi connectivity index (χ0v) is 12.6. The van der Waals surface area contributed by atoms with Gasteiger partial charge in [0, 0.05) is 5.41 Å². The minimum Gasteiger partial charge on any atom is -0.290 e. The van der Waals surface area contributed by atoms with Gasteiger partial charge in [0.1, 0.15) is 0 Å². The van der Waals surface area contributed by atoms with Crippen LogP contribution in [0.4, 0.5) is 0 Å². The number of ketones is 1. The van der Waals surface area contributed by atoms with Gasteiger partial charge in [0.15, 0.2) is 5.78 Å². The molecule has 0 heterocycles. The molecule has 20 heavy (non-hydrogen) atoms. The molecular formula is C19H24O. The molecule has 0 aromatic carbocycles. The monoisotopic (exact) mass is 268 g/mol. The van der Waals surface area contributed by atoms with Crippen molar-refractivity contribution in [3.63, 3.8) is 0 Å². The highest BCUT2D eigenvalue weighted by Gasteiger charge is 2.54. The van der Waals surface area contributed by atoms with Gasteiger partial charge in [-0.25, -0.2) is 0 Å². The molecule has 1 heteroatoms. The largest absolute Gasteiger partial charge is 0.290 e. The zero-order chi connectivity index (χ0) is 14.0. The average molecular weight is 268 g/mol. The zero-order valence-electron chi connectivity index (χ0n) is 12.6. The van der Waals surface area contributed by atoms with E-state index >= 15 is 0 Å². The van der Waals surface area contributed by atoms with Crippen LogP contribution in [0, 0.1) is 28.6 Å². The Bertz CT molecular complexity index is 552. The lowest BCUT2D eigenvalue weighted by Crippen LogP contribution is -2.48. The molecule has 2 fully saturated rings. The van der Waals surface area contributed by atoms with Gasteiger partial charge in [0.2, 0.25) is 0 Å². The summed E-state index contributed by atoms with van der Waals surface area (Å²) in [6.45, 7) is 4.84. The van der Waals surface area contributed by atoms with Gasteiger partial charge in [0.05, 0.1) is 0 Å². The molecule has 5 atom stereocenters. The third kappa shape index (κ3) is 1.52. The number of fused-ring (bicyclic) bond motifs is 5. The SMILES string of the molecule is C[C@@]12C=CC[C@H]1[C@@H]1CCC3=CC(=O)C=C[C@]3(C)[C@H]1CC2. The molecule has 0 spiro atoms. The number of carbonyl (C=O) groups is 1. The van der Waals surface area contributed by atoms with E-state index in [9.17, 15) is 4.79 Å². The van der Waals surface area contributed by atoms with Gasteiger partial charge in [-0.1, -0.05) is 37.6 Å². The Morgan fingerprint density at radius 3 is 2.85 bits per heavy atom. The van der Waals surface area contributed by atoms with Gasteiger partial charge in [-0.05, 0) is 67.4 Å². The van der Waals surface area contributed by atoms with Gasteiger partial charge in [0.25, 0.3) is 0 Å². The summed E-state index contributed by atoms with van der Waals surface area (Å²) in [5, 5.41) is 0. The number of hydrogen-bond donors (Lipinski definition) is 0. The summed E-state index contributed by atoms with van der Waals surface area (Å²) in [5.41, 5.74) is 2.01. The summed E-state index contributed by atoms with van der Waals surface area (Å²) in [6.07, 6.45) is 17.2. The first kappa shape index (κ1) is 12.6. The van der Waals surface area contributed by atoms with E-state index in [1.807, 2.05) is 12.2 Å². The Morgan fingerprint density at radius 2 is 2.00 bits per heavy atom. The van der Waals surface area contributed by atoms with Crippen LogP contribution in [-0.2, 0) is 4.79 Å². The van der Waals surface area contributed by atoms with Crippen molar-refractivity contribution < 1.29 is 4.79 Å². The average Bonchev–Trinajstić information content (AvgIpc) is 2.81. The molecule has 0 aromatic rings. The van der Waals surface area contributed by atoms with Crippen LogP contribution in [0.5, 0.6) is 0 Å². The third-order valence-corrected chi connectivity index (χ3v) is 6.88. The predicted molar refractivity (Wildman–Crippen MR) is 81.1 cm³/mol. The highest BCUT2D eigenvalue weighted by molar-refractivity contribution is 6.01. The van der Waals surface area contributed by atoms with Crippen molar-refractivity contribution >= 4 is 5.78 Å². The lowest BCUT2D eigenvalue weighted by atomic mass is 9.48. The fourth-order valence-electron chi connectivity index (χ4n) is 5.68. The second-order valence-electron chi connectivity index (χ2n) is 7.79. The summed E-state index contributed by atoms with van der Waals surface area (Å²) in [6, 6.07) is 0. The molecule has 4 aliphatic carbocycles. The molecule has 4 aliphatic rings. The van der Waals surface area contributed by atoms with Gasteiger partial charge in [-0.3, -0.25) is 4.79 Å². The molecular weight excluding hydrogens is 244 g/mol. The molecule has 106 valence electrons. The van der Waals surface area contributed by atoms with Crippen molar-refractivity contribution in [2.45, 2.75) is 46.0 Å². The first-order chi connectivity index (χ1) is 9.53. The standard InChI is InChI=1S/C19H24O/c1-18-9-3-4-16(18)15-6-5-13-12-14(20)7-11-19(13,2)17(15)8-10-18/h3,7,9,11-12,15-17H,4-6,8,10H2,1-2H3/t15-,16-,17-,18-,19-/m0/s1. The van der Waals surface area contributed by atoms with Crippen molar-refractivity contribution in [3.05, 3.63) is 36.0 Å². The van der Waals surface area contributed by atoms with E-state index < -0.39 is 0 Å². The third-order valence-electron chi connectivity index (χ3n) is 6.88. The molecule has 0 N–H and O–H groups in total. The second-order valence-corrected chi connectivity index (χ2v) is 7.79. The maximum absolute atomic E-state index is 11.7. The quantitative estimate of drug-likeness (QED) is 0.593. The van der Waals surface area contributed by atoms with Gasteiger partial charge in [-0.2, -0.15) is 0 Å². The van der Waals surface area contributed by atoms with Crippen LogP contribution in [-0.4, -0.2) is 5.78 Å². The molecule has 0 amide bonds. The summed E-state index contributed by atoms with van der Waals surface area (Å²) < 4.78 is 0. The Balaban J connectivity index is 1.72. The van der Waals surface area contributed by atoms with Crippen molar-refractivity contribution in [1.82, 2.24) is 0 Å². The fourth-order valence-corrected chi connectivity index (χ4v) is 5.68. The van der Waals surface area contributed by atoms with Crippen LogP contribution in [0.15, 0.2) is 36.0 Å². The molecule has 4 rings (SSSR count). The summed E-state index contributed by atoms with van der Waals surface area (Å²) >= 11 is 0. The summed E-state index contributed by atoms with van der Waals surface area (Å²) in [5.74, 6) is 2.61. The maximum Gasteiger partial charge on any atom is 0.178 e. The normalized spacial score (nSPS) is 49.4. The van der Waals surface area contributed by atoms with Crippen LogP contribution in [0.2, 0.25) is 0 Å². The smallest absolute Gasteiger partial charge is 0.178 e. The van der Waals surface area contributed by atoms with Crippen molar-refractivity contribution in [1.29, 1.82) is 0 Å². The minimum atomic E-state index is 0.154. The molecule has 0 radical (unpaired) electrons. The summed E-state index contributed by atoms with van der Waals surface area (Å²) in [4.78, 5) is 11.7. The Hall–Kier alpha value is -1.11. The van der Waals surface area contributed by atoms with Crippen LogP contribution >= 0.6 is 0 Å². The summed E-state index contributed by atoms with van der Waals surface area (Å²) in [7, 11) is 0. The Morgan fingerprint density at radius 1 is 1.15 bits per heavy atom. The van der Waals surface area contributed by atoms with Gasteiger partial charge >= 0.3 is 0 Å². The number of hydrogen-bond acceptors (Lipinski definition) is 1. The first-order valence-corrected chi connectivity index (χ1v) is 8.15. The first-order valence-electron chi connectivity index (χ1n) is 8.15. The van der Waals surface area contributed by atoms with Crippen LogP contribution < -0.4 is 0 Å². The molecule has 1 nitrogen and oxygen atoms in total. The van der Waals surface area contributed by atoms with Gasteiger partial charge in [-0.15, -0.1) is 0 Å². The topological polar surface area (TPSA) is 17.1 Å².